The summed E-state index contributed by atoms with van der Waals surface area (Å²) in [5.74, 6) is 0.651. The first kappa shape index (κ1) is 14.2. The van der Waals surface area contributed by atoms with Crippen molar-refractivity contribution in [2.24, 2.45) is 0 Å². The highest BCUT2D eigenvalue weighted by Gasteiger charge is 2.09. The van der Waals surface area contributed by atoms with Crippen molar-refractivity contribution in [2.75, 3.05) is 30.9 Å². The van der Waals surface area contributed by atoms with Crippen LogP contribution in [-0.4, -0.2) is 25.4 Å². The zero-order valence-electron chi connectivity index (χ0n) is 11.6. The quantitative estimate of drug-likeness (QED) is 0.792. The molecule has 2 aromatic carbocycles. The molecule has 2 aromatic rings. The zero-order valence-corrected chi connectivity index (χ0v) is 11.6. The fourth-order valence-electron chi connectivity index (χ4n) is 2.12. The summed E-state index contributed by atoms with van der Waals surface area (Å²) in [6.45, 7) is 1.38. The molecule has 0 aliphatic rings. The summed E-state index contributed by atoms with van der Waals surface area (Å²) in [6.07, 6.45) is 0. The van der Waals surface area contributed by atoms with Crippen LogP contribution in [0.5, 0.6) is 5.75 Å². The summed E-state index contributed by atoms with van der Waals surface area (Å²) >= 11 is 0. The summed E-state index contributed by atoms with van der Waals surface area (Å²) < 4.78 is 5.25. The monoisotopic (exact) mass is 272 g/mol. The van der Waals surface area contributed by atoms with Gasteiger partial charge in [0.15, 0.2) is 0 Å². The topological polar surface area (TPSA) is 58.7 Å². The maximum absolute atomic E-state index is 9.26. The van der Waals surface area contributed by atoms with E-state index >= 15 is 0 Å². The maximum atomic E-state index is 9.26. The van der Waals surface area contributed by atoms with Crippen LogP contribution in [0, 0.1) is 0 Å². The molecule has 0 aromatic heterocycles. The number of anilines is 2. The summed E-state index contributed by atoms with van der Waals surface area (Å²) in [6, 6.07) is 15.8. The summed E-state index contributed by atoms with van der Waals surface area (Å²) in [5, 5.41) is 9.26. The van der Waals surface area contributed by atoms with Gasteiger partial charge in [-0.15, -0.1) is 0 Å². The number of nitrogens with two attached hydrogens (primary N) is 1. The van der Waals surface area contributed by atoms with Gasteiger partial charge in [0, 0.05) is 24.8 Å². The standard InChI is InChI=1S/C16H20N2O2/c1-20-16-11-14(7-8-15(16)17)18(9-10-19)12-13-5-3-2-4-6-13/h2-8,11,19H,9-10,12,17H2,1H3. The zero-order chi connectivity index (χ0) is 14.4. The van der Waals surface area contributed by atoms with E-state index in [0.717, 1.165) is 12.2 Å². The van der Waals surface area contributed by atoms with Crippen molar-refractivity contribution in [2.45, 2.75) is 6.54 Å². The van der Waals surface area contributed by atoms with Crippen LogP contribution in [0.1, 0.15) is 5.56 Å². The Morgan fingerprint density at radius 2 is 1.90 bits per heavy atom. The molecule has 0 radical (unpaired) electrons. The van der Waals surface area contributed by atoms with E-state index in [1.165, 1.54) is 5.56 Å². The van der Waals surface area contributed by atoms with Crippen molar-refractivity contribution >= 4 is 11.4 Å². The minimum absolute atomic E-state index is 0.0968. The van der Waals surface area contributed by atoms with Crippen LogP contribution >= 0.6 is 0 Å². The second kappa shape index (κ2) is 6.82. The second-order valence-corrected chi connectivity index (χ2v) is 4.56. The van der Waals surface area contributed by atoms with Gasteiger partial charge < -0.3 is 20.5 Å². The average Bonchev–Trinajstić information content (AvgIpc) is 2.48. The number of aliphatic hydroxyl groups is 1. The van der Waals surface area contributed by atoms with E-state index in [-0.39, 0.29) is 6.61 Å². The van der Waals surface area contributed by atoms with E-state index in [0.29, 0.717) is 18.0 Å². The Morgan fingerprint density at radius 3 is 2.55 bits per heavy atom. The van der Waals surface area contributed by atoms with Crippen molar-refractivity contribution in [1.29, 1.82) is 0 Å². The average molecular weight is 272 g/mol. The van der Waals surface area contributed by atoms with Gasteiger partial charge >= 0.3 is 0 Å². The Balaban J connectivity index is 2.24. The Bertz CT molecular complexity index is 543. The molecule has 0 saturated carbocycles. The number of ether oxygens (including phenoxy) is 1. The maximum Gasteiger partial charge on any atom is 0.143 e. The Hall–Kier alpha value is -2.20. The van der Waals surface area contributed by atoms with Crippen molar-refractivity contribution < 1.29 is 9.84 Å². The summed E-state index contributed by atoms with van der Waals surface area (Å²) in [5.41, 5.74) is 8.62. The van der Waals surface area contributed by atoms with Crippen LogP contribution in [0.3, 0.4) is 0 Å². The predicted molar refractivity (Wildman–Crippen MR) is 82.0 cm³/mol. The van der Waals surface area contributed by atoms with Crippen LogP contribution < -0.4 is 15.4 Å². The molecule has 2 rings (SSSR count). The fourth-order valence-corrected chi connectivity index (χ4v) is 2.12. The van der Waals surface area contributed by atoms with E-state index in [1.54, 1.807) is 7.11 Å². The normalized spacial score (nSPS) is 10.3. The SMILES string of the molecule is COc1cc(N(CCO)Cc2ccccc2)ccc1N. The van der Waals surface area contributed by atoms with Gasteiger partial charge in [-0.3, -0.25) is 0 Å². The molecule has 3 N–H and O–H groups in total. The van der Waals surface area contributed by atoms with E-state index in [9.17, 15) is 5.11 Å². The molecule has 0 fully saturated rings. The van der Waals surface area contributed by atoms with Crippen molar-refractivity contribution in [3.05, 3.63) is 54.1 Å². The molecule has 0 saturated heterocycles. The lowest BCUT2D eigenvalue weighted by Crippen LogP contribution is -2.26. The highest BCUT2D eigenvalue weighted by Crippen LogP contribution is 2.28. The molecule has 0 heterocycles. The van der Waals surface area contributed by atoms with Gasteiger partial charge in [0.2, 0.25) is 0 Å². The molecule has 4 nitrogen and oxygen atoms in total. The predicted octanol–water partition coefficient (Wildman–Crippen LogP) is 2.28. The third-order valence-corrected chi connectivity index (χ3v) is 3.17. The highest BCUT2D eigenvalue weighted by molar-refractivity contribution is 5.62. The van der Waals surface area contributed by atoms with Gasteiger partial charge in [-0.1, -0.05) is 30.3 Å². The molecule has 4 heteroatoms. The Kier molecular flexibility index (Phi) is 4.85. The van der Waals surface area contributed by atoms with Gasteiger partial charge in [0.05, 0.1) is 19.4 Å². The Morgan fingerprint density at radius 1 is 1.15 bits per heavy atom. The van der Waals surface area contributed by atoms with Crippen molar-refractivity contribution in [1.82, 2.24) is 0 Å². The van der Waals surface area contributed by atoms with Crippen LogP contribution in [0.2, 0.25) is 0 Å². The molecule has 0 aliphatic heterocycles. The molecule has 0 bridgehead atoms. The van der Waals surface area contributed by atoms with Crippen LogP contribution in [0.15, 0.2) is 48.5 Å². The number of nitrogen functional groups attached to an aromatic ring is 1. The lowest BCUT2D eigenvalue weighted by molar-refractivity contribution is 0.301. The number of hydrogen-bond acceptors (Lipinski definition) is 4. The molecule has 0 atom stereocenters. The third-order valence-electron chi connectivity index (χ3n) is 3.17. The first-order valence-corrected chi connectivity index (χ1v) is 6.58. The first-order valence-electron chi connectivity index (χ1n) is 6.58. The molecule has 0 aliphatic carbocycles. The van der Waals surface area contributed by atoms with E-state index in [4.69, 9.17) is 10.5 Å². The van der Waals surface area contributed by atoms with E-state index in [2.05, 4.69) is 17.0 Å². The fraction of sp³-hybridized carbons (Fsp3) is 0.250. The Labute approximate surface area is 119 Å². The number of hydrogen-bond donors (Lipinski definition) is 2. The minimum atomic E-state index is 0.0968. The van der Waals surface area contributed by atoms with Gasteiger partial charge in [-0.2, -0.15) is 0 Å². The summed E-state index contributed by atoms with van der Waals surface area (Å²) in [7, 11) is 1.60. The molecular formula is C16H20N2O2. The molecular weight excluding hydrogens is 252 g/mol. The van der Waals surface area contributed by atoms with E-state index in [1.807, 2.05) is 36.4 Å². The third kappa shape index (κ3) is 3.42. The molecule has 106 valence electrons. The van der Waals surface area contributed by atoms with Gasteiger partial charge in [-0.05, 0) is 17.7 Å². The largest absolute Gasteiger partial charge is 0.495 e. The number of rotatable bonds is 6. The smallest absolute Gasteiger partial charge is 0.143 e. The number of nitrogens with zero attached hydrogens (tertiary/aromatic N) is 1. The highest BCUT2D eigenvalue weighted by atomic mass is 16.5. The number of methoxy groups -OCH3 is 1. The van der Waals surface area contributed by atoms with Crippen LogP contribution in [0.25, 0.3) is 0 Å². The molecule has 20 heavy (non-hydrogen) atoms. The van der Waals surface area contributed by atoms with Crippen LogP contribution in [-0.2, 0) is 6.54 Å². The number of benzene rings is 2. The molecule has 0 unspecified atom stereocenters. The lowest BCUT2D eigenvalue weighted by Gasteiger charge is -2.25. The second-order valence-electron chi connectivity index (χ2n) is 4.56. The lowest BCUT2D eigenvalue weighted by atomic mass is 10.2. The van der Waals surface area contributed by atoms with E-state index < -0.39 is 0 Å². The van der Waals surface area contributed by atoms with Gasteiger partial charge in [0.1, 0.15) is 5.75 Å². The van der Waals surface area contributed by atoms with Gasteiger partial charge in [0.25, 0.3) is 0 Å². The van der Waals surface area contributed by atoms with Crippen molar-refractivity contribution in [3.8, 4) is 5.75 Å². The van der Waals surface area contributed by atoms with Crippen molar-refractivity contribution in [3.63, 3.8) is 0 Å². The minimum Gasteiger partial charge on any atom is -0.495 e. The summed E-state index contributed by atoms with van der Waals surface area (Å²) in [4.78, 5) is 2.09. The molecule has 0 amide bonds. The van der Waals surface area contributed by atoms with Crippen LogP contribution in [0.4, 0.5) is 11.4 Å². The first-order chi connectivity index (χ1) is 9.74. The molecule has 0 spiro atoms. The number of aliphatic hydroxyl groups excluding tert-OH is 1. The van der Waals surface area contributed by atoms with Gasteiger partial charge in [-0.25, -0.2) is 0 Å².